The summed E-state index contributed by atoms with van der Waals surface area (Å²) in [6.45, 7) is 6.06. The quantitative estimate of drug-likeness (QED) is 0.723. The zero-order valence-electron chi connectivity index (χ0n) is 8.98. The van der Waals surface area contributed by atoms with Gasteiger partial charge in [0.25, 0.3) is 0 Å². The second kappa shape index (κ2) is 4.64. The molecule has 1 heterocycles. The maximum Gasteiger partial charge on any atom is 0.118 e. The normalized spacial score (nSPS) is 15.9. The molecule has 0 radical (unpaired) electrons. The maximum atomic E-state index is 5.59. The van der Waals surface area contributed by atoms with Gasteiger partial charge in [0, 0.05) is 12.6 Å². The van der Waals surface area contributed by atoms with Crippen LogP contribution in [0.1, 0.15) is 24.4 Å². The Labute approximate surface area is 90.5 Å². The molecule has 3 heteroatoms. The van der Waals surface area contributed by atoms with Gasteiger partial charge in [-0.05, 0) is 25.0 Å². The minimum atomic E-state index is 0.477. The Morgan fingerprint density at radius 2 is 2.20 bits per heavy atom. The molecule has 1 aliphatic rings. The first-order chi connectivity index (χ1) is 7.33. The topological polar surface area (TPSA) is 42.4 Å². The monoisotopic (exact) mass is 206 g/mol. The third kappa shape index (κ3) is 2.70. The highest BCUT2D eigenvalue weighted by molar-refractivity contribution is 5.07. The van der Waals surface area contributed by atoms with E-state index >= 15 is 0 Å². The lowest BCUT2D eigenvalue weighted by Crippen LogP contribution is -2.25. The fourth-order valence-corrected chi connectivity index (χ4v) is 1.77. The lowest BCUT2D eigenvalue weighted by molar-refractivity contribution is 0.255. The highest BCUT2D eigenvalue weighted by atomic mass is 16.3. The average molecular weight is 206 g/mol. The summed E-state index contributed by atoms with van der Waals surface area (Å²) in [6, 6.07) is 4.70. The SMILES string of the molecule is C=CCN(Cc1ccc(CN)o1)C1CC1. The van der Waals surface area contributed by atoms with Crippen molar-refractivity contribution in [3.63, 3.8) is 0 Å². The molecule has 0 saturated heterocycles. The maximum absolute atomic E-state index is 5.59. The molecule has 0 aliphatic heterocycles. The van der Waals surface area contributed by atoms with Gasteiger partial charge in [-0.15, -0.1) is 6.58 Å². The Hall–Kier alpha value is -1.06. The van der Waals surface area contributed by atoms with Crippen LogP contribution in [0.2, 0.25) is 0 Å². The summed E-state index contributed by atoms with van der Waals surface area (Å²) in [5, 5.41) is 0. The molecule has 1 aromatic heterocycles. The van der Waals surface area contributed by atoms with Crippen LogP contribution in [0, 0.1) is 0 Å². The van der Waals surface area contributed by atoms with Gasteiger partial charge in [-0.3, -0.25) is 4.90 Å². The summed E-state index contributed by atoms with van der Waals surface area (Å²) in [5.41, 5.74) is 5.50. The molecule has 0 bridgehead atoms. The van der Waals surface area contributed by atoms with Crippen molar-refractivity contribution in [2.24, 2.45) is 5.73 Å². The van der Waals surface area contributed by atoms with Gasteiger partial charge in [-0.1, -0.05) is 6.08 Å². The van der Waals surface area contributed by atoms with Crippen molar-refractivity contribution in [3.05, 3.63) is 36.3 Å². The molecule has 15 heavy (non-hydrogen) atoms. The third-order valence-electron chi connectivity index (χ3n) is 2.70. The van der Waals surface area contributed by atoms with Gasteiger partial charge in [0.1, 0.15) is 11.5 Å². The van der Waals surface area contributed by atoms with E-state index in [4.69, 9.17) is 10.2 Å². The Kier molecular flexibility index (Phi) is 3.23. The average Bonchev–Trinajstić information content (AvgIpc) is 2.99. The van der Waals surface area contributed by atoms with E-state index in [1.807, 2.05) is 18.2 Å². The van der Waals surface area contributed by atoms with Gasteiger partial charge in [-0.2, -0.15) is 0 Å². The van der Waals surface area contributed by atoms with E-state index in [0.717, 1.165) is 30.7 Å². The highest BCUT2D eigenvalue weighted by Crippen LogP contribution is 2.28. The zero-order valence-corrected chi connectivity index (χ0v) is 8.98. The molecule has 0 amide bonds. The molecular formula is C12H18N2O. The molecule has 1 fully saturated rings. The lowest BCUT2D eigenvalue weighted by Gasteiger charge is -2.18. The molecule has 0 spiro atoms. The van der Waals surface area contributed by atoms with E-state index in [9.17, 15) is 0 Å². The number of furan rings is 1. The summed E-state index contributed by atoms with van der Waals surface area (Å²) < 4.78 is 5.59. The third-order valence-corrected chi connectivity index (χ3v) is 2.70. The Morgan fingerprint density at radius 1 is 1.47 bits per heavy atom. The van der Waals surface area contributed by atoms with Crippen LogP contribution in [-0.2, 0) is 13.1 Å². The second-order valence-electron chi connectivity index (χ2n) is 4.02. The largest absolute Gasteiger partial charge is 0.463 e. The van der Waals surface area contributed by atoms with Gasteiger partial charge in [0.05, 0.1) is 13.1 Å². The molecule has 0 aromatic carbocycles. The Balaban J connectivity index is 1.95. The van der Waals surface area contributed by atoms with Crippen LogP contribution in [0.3, 0.4) is 0 Å². The van der Waals surface area contributed by atoms with Crippen LogP contribution in [0.5, 0.6) is 0 Å². The number of hydrogen-bond acceptors (Lipinski definition) is 3. The lowest BCUT2D eigenvalue weighted by atomic mass is 10.3. The molecule has 3 nitrogen and oxygen atoms in total. The minimum absolute atomic E-state index is 0.477. The smallest absolute Gasteiger partial charge is 0.118 e. The summed E-state index contributed by atoms with van der Waals surface area (Å²) in [4.78, 5) is 2.39. The van der Waals surface area contributed by atoms with Crippen LogP contribution < -0.4 is 5.73 Å². The second-order valence-corrected chi connectivity index (χ2v) is 4.02. The first kappa shape index (κ1) is 10.5. The van der Waals surface area contributed by atoms with Crippen molar-refractivity contribution in [1.82, 2.24) is 4.90 Å². The fraction of sp³-hybridized carbons (Fsp3) is 0.500. The Bertz CT molecular complexity index is 328. The summed E-state index contributed by atoms with van der Waals surface area (Å²) >= 11 is 0. The van der Waals surface area contributed by atoms with Crippen LogP contribution in [0.15, 0.2) is 29.2 Å². The highest BCUT2D eigenvalue weighted by Gasteiger charge is 2.28. The molecule has 0 unspecified atom stereocenters. The predicted octanol–water partition coefficient (Wildman–Crippen LogP) is 1.89. The van der Waals surface area contributed by atoms with E-state index < -0.39 is 0 Å². The fourth-order valence-electron chi connectivity index (χ4n) is 1.77. The summed E-state index contributed by atoms with van der Waals surface area (Å²) in [7, 11) is 0. The van der Waals surface area contributed by atoms with Crippen molar-refractivity contribution in [1.29, 1.82) is 0 Å². The van der Waals surface area contributed by atoms with E-state index in [1.54, 1.807) is 0 Å². The number of nitrogens with zero attached hydrogens (tertiary/aromatic N) is 1. The van der Waals surface area contributed by atoms with E-state index in [-0.39, 0.29) is 0 Å². The molecule has 2 N–H and O–H groups in total. The molecule has 82 valence electrons. The van der Waals surface area contributed by atoms with E-state index in [0.29, 0.717) is 6.54 Å². The van der Waals surface area contributed by atoms with Crippen LogP contribution >= 0.6 is 0 Å². The van der Waals surface area contributed by atoms with E-state index in [1.165, 1.54) is 12.8 Å². The number of nitrogens with two attached hydrogens (primary N) is 1. The number of rotatable bonds is 6. The molecular weight excluding hydrogens is 188 g/mol. The van der Waals surface area contributed by atoms with E-state index in [2.05, 4.69) is 11.5 Å². The van der Waals surface area contributed by atoms with Gasteiger partial charge in [0.15, 0.2) is 0 Å². The predicted molar refractivity (Wildman–Crippen MR) is 60.2 cm³/mol. The van der Waals surface area contributed by atoms with Crippen molar-refractivity contribution in [2.75, 3.05) is 6.54 Å². The van der Waals surface area contributed by atoms with Gasteiger partial charge in [-0.25, -0.2) is 0 Å². The molecule has 1 saturated carbocycles. The molecule has 0 atom stereocenters. The molecule has 1 aromatic rings. The summed E-state index contributed by atoms with van der Waals surface area (Å²) in [6.07, 6.45) is 4.56. The molecule has 2 rings (SSSR count). The first-order valence-electron chi connectivity index (χ1n) is 5.46. The van der Waals surface area contributed by atoms with Crippen molar-refractivity contribution in [3.8, 4) is 0 Å². The molecule has 1 aliphatic carbocycles. The first-order valence-corrected chi connectivity index (χ1v) is 5.46. The summed E-state index contributed by atoms with van der Waals surface area (Å²) in [5.74, 6) is 1.86. The Morgan fingerprint density at radius 3 is 2.73 bits per heavy atom. The number of hydrogen-bond donors (Lipinski definition) is 1. The van der Waals surface area contributed by atoms with Gasteiger partial charge < -0.3 is 10.2 Å². The van der Waals surface area contributed by atoms with Gasteiger partial charge >= 0.3 is 0 Å². The van der Waals surface area contributed by atoms with Gasteiger partial charge in [0.2, 0.25) is 0 Å². The zero-order chi connectivity index (χ0) is 10.7. The van der Waals surface area contributed by atoms with Crippen molar-refractivity contribution >= 4 is 0 Å². The van der Waals surface area contributed by atoms with Crippen molar-refractivity contribution < 1.29 is 4.42 Å². The van der Waals surface area contributed by atoms with Crippen LogP contribution in [0.4, 0.5) is 0 Å². The van der Waals surface area contributed by atoms with Crippen LogP contribution in [-0.4, -0.2) is 17.5 Å². The minimum Gasteiger partial charge on any atom is -0.463 e. The van der Waals surface area contributed by atoms with Crippen LogP contribution in [0.25, 0.3) is 0 Å². The standard InChI is InChI=1S/C12H18N2O/c1-2-7-14(10-3-4-10)9-12-6-5-11(8-13)15-12/h2,5-6,10H,1,3-4,7-9,13H2. The van der Waals surface area contributed by atoms with Crippen molar-refractivity contribution in [2.45, 2.75) is 32.0 Å².